The first-order valence-electron chi connectivity index (χ1n) is 6.68. The largest absolute Gasteiger partial charge is 0.467 e. The summed E-state index contributed by atoms with van der Waals surface area (Å²) < 4.78 is 4.71. The molecule has 4 nitrogen and oxygen atoms in total. The summed E-state index contributed by atoms with van der Waals surface area (Å²) in [6.07, 6.45) is 0.551. The van der Waals surface area contributed by atoms with Gasteiger partial charge >= 0.3 is 5.97 Å². The Hall–Kier alpha value is -1.20. The van der Waals surface area contributed by atoms with Gasteiger partial charge in [-0.25, -0.2) is 4.79 Å². The van der Waals surface area contributed by atoms with E-state index in [2.05, 4.69) is 5.32 Å². The molecule has 1 unspecified atom stereocenters. The molecule has 1 rings (SSSR count). The first-order chi connectivity index (χ1) is 9.93. The third kappa shape index (κ3) is 6.40. The van der Waals surface area contributed by atoms with E-state index in [-0.39, 0.29) is 17.6 Å². The molecule has 116 valence electrons. The molecule has 1 amide bonds. The van der Waals surface area contributed by atoms with Crippen LogP contribution in [0, 0.1) is 5.92 Å². The number of hydrogen-bond donors (Lipinski definition) is 1. The van der Waals surface area contributed by atoms with Gasteiger partial charge in [0.25, 0.3) is 0 Å². The Morgan fingerprint density at radius 2 is 2.00 bits per heavy atom. The Bertz CT molecular complexity index is 494. The van der Waals surface area contributed by atoms with E-state index in [1.165, 1.54) is 18.9 Å². The number of carbonyl (C=O) groups is 2. The summed E-state index contributed by atoms with van der Waals surface area (Å²) in [6.45, 7) is 3.97. The van der Waals surface area contributed by atoms with Crippen LogP contribution in [0.3, 0.4) is 0 Å². The average Bonchev–Trinajstić information content (AvgIpc) is 2.44. The van der Waals surface area contributed by atoms with Crippen molar-refractivity contribution in [2.24, 2.45) is 5.92 Å². The second-order valence-corrected chi connectivity index (χ2v) is 6.42. The Morgan fingerprint density at radius 1 is 1.33 bits per heavy atom. The smallest absolute Gasteiger partial charge is 0.328 e. The summed E-state index contributed by atoms with van der Waals surface area (Å²) in [5, 5.41) is 3.32. The van der Waals surface area contributed by atoms with Crippen LogP contribution in [0.4, 0.5) is 0 Å². The van der Waals surface area contributed by atoms with Crippen molar-refractivity contribution in [3.8, 4) is 0 Å². The van der Waals surface area contributed by atoms with E-state index >= 15 is 0 Å². The van der Waals surface area contributed by atoms with E-state index in [4.69, 9.17) is 16.3 Å². The van der Waals surface area contributed by atoms with Crippen LogP contribution < -0.4 is 5.32 Å². The molecule has 0 spiro atoms. The highest BCUT2D eigenvalue weighted by molar-refractivity contribution is 8.00. The molecule has 0 aliphatic rings. The van der Waals surface area contributed by atoms with Crippen LogP contribution in [0.1, 0.15) is 20.3 Å². The lowest BCUT2D eigenvalue weighted by Gasteiger charge is -2.18. The van der Waals surface area contributed by atoms with Crippen LogP contribution in [-0.4, -0.2) is 30.8 Å². The lowest BCUT2D eigenvalue weighted by atomic mass is 10.0. The SMILES string of the molecule is COC(=O)C(CC(C)C)NC(=O)CSc1ccccc1Cl. The summed E-state index contributed by atoms with van der Waals surface area (Å²) in [5.74, 6) is -0.142. The highest BCUT2D eigenvalue weighted by Crippen LogP contribution is 2.26. The summed E-state index contributed by atoms with van der Waals surface area (Å²) >= 11 is 7.37. The molecule has 1 aromatic carbocycles. The Balaban J connectivity index is 2.54. The van der Waals surface area contributed by atoms with Crippen LogP contribution in [0.2, 0.25) is 5.02 Å². The van der Waals surface area contributed by atoms with E-state index in [0.29, 0.717) is 11.4 Å². The molecule has 0 saturated carbocycles. The third-order valence-electron chi connectivity index (χ3n) is 2.72. The molecule has 6 heteroatoms. The van der Waals surface area contributed by atoms with E-state index in [9.17, 15) is 9.59 Å². The average molecular weight is 330 g/mol. The molecule has 21 heavy (non-hydrogen) atoms. The minimum Gasteiger partial charge on any atom is -0.467 e. The van der Waals surface area contributed by atoms with Gasteiger partial charge in [-0.05, 0) is 24.5 Å². The standard InChI is InChI=1S/C15H20ClNO3S/c1-10(2)8-12(15(19)20-3)17-14(18)9-21-13-7-5-4-6-11(13)16/h4-7,10,12H,8-9H2,1-3H3,(H,17,18). The van der Waals surface area contributed by atoms with E-state index in [1.54, 1.807) is 6.07 Å². The number of rotatable bonds is 7. The normalized spacial score (nSPS) is 12.0. The number of carbonyl (C=O) groups excluding carboxylic acids is 2. The van der Waals surface area contributed by atoms with Crippen molar-refractivity contribution in [2.45, 2.75) is 31.2 Å². The number of benzene rings is 1. The molecule has 0 fully saturated rings. The fourth-order valence-corrected chi connectivity index (χ4v) is 2.82. The van der Waals surface area contributed by atoms with Crippen molar-refractivity contribution in [2.75, 3.05) is 12.9 Å². The Labute approximate surface area is 134 Å². The zero-order valence-corrected chi connectivity index (χ0v) is 14.0. The highest BCUT2D eigenvalue weighted by Gasteiger charge is 2.22. The van der Waals surface area contributed by atoms with E-state index in [0.717, 1.165) is 4.90 Å². The van der Waals surface area contributed by atoms with Crippen LogP contribution in [0.25, 0.3) is 0 Å². The topological polar surface area (TPSA) is 55.4 Å². The van der Waals surface area contributed by atoms with Crippen LogP contribution in [0.5, 0.6) is 0 Å². The number of ether oxygens (including phenoxy) is 1. The van der Waals surface area contributed by atoms with Gasteiger partial charge in [0, 0.05) is 4.90 Å². The molecule has 1 aromatic rings. The zero-order valence-electron chi connectivity index (χ0n) is 12.4. The summed E-state index contributed by atoms with van der Waals surface area (Å²) in [7, 11) is 1.32. The number of esters is 1. The molecule has 0 heterocycles. The molecule has 1 atom stereocenters. The number of thioether (sulfide) groups is 1. The summed E-state index contributed by atoms with van der Waals surface area (Å²) in [6, 6.07) is 6.73. The van der Waals surface area contributed by atoms with Gasteiger partial charge in [-0.2, -0.15) is 0 Å². The molecule has 0 saturated heterocycles. The molecule has 0 radical (unpaired) electrons. The first kappa shape index (κ1) is 17.9. The van der Waals surface area contributed by atoms with Gasteiger partial charge in [0.05, 0.1) is 17.9 Å². The minimum absolute atomic E-state index is 0.204. The fourth-order valence-electron chi connectivity index (χ4n) is 1.77. The third-order valence-corrected chi connectivity index (χ3v) is 4.24. The van der Waals surface area contributed by atoms with Gasteiger partial charge < -0.3 is 10.1 Å². The van der Waals surface area contributed by atoms with E-state index < -0.39 is 12.0 Å². The van der Waals surface area contributed by atoms with Crippen molar-refractivity contribution in [3.05, 3.63) is 29.3 Å². The predicted octanol–water partition coefficient (Wildman–Crippen LogP) is 3.14. The maximum atomic E-state index is 12.0. The molecular formula is C15H20ClNO3S. The van der Waals surface area contributed by atoms with Crippen molar-refractivity contribution >= 4 is 35.2 Å². The Kier molecular flexibility index (Phi) is 7.61. The molecular weight excluding hydrogens is 310 g/mol. The van der Waals surface area contributed by atoms with Gasteiger partial charge in [0.2, 0.25) is 5.91 Å². The van der Waals surface area contributed by atoms with Gasteiger partial charge in [-0.1, -0.05) is 37.6 Å². The Morgan fingerprint density at radius 3 is 2.57 bits per heavy atom. The second kappa shape index (κ2) is 8.95. The van der Waals surface area contributed by atoms with E-state index in [1.807, 2.05) is 32.0 Å². The molecule has 0 aromatic heterocycles. The summed E-state index contributed by atoms with van der Waals surface area (Å²) in [4.78, 5) is 24.4. The summed E-state index contributed by atoms with van der Waals surface area (Å²) in [5.41, 5.74) is 0. The lowest BCUT2D eigenvalue weighted by molar-refractivity contribution is -0.145. The number of nitrogens with one attached hydrogen (secondary N) is 1. The predicted molar refractivity (Wildman–Crippen MR) is 85.6 cm³/mol. The first-order valence-corrected chi connectivity index (χ1v) is 8.05. The maximum Gasteiger partial charge on any atom is 0.328 e. The molecule has 0 bridgehead atoms. The number of amides is 1. The molecule has 1 N–H and O–H groups in total. The zero-order chi connectivity index (χ0) is 15.8. The van der Waals surface area contributed by atoms with Gasteiger partial charge in [0.1, 0.15) is 6.04 Å². The van der Waals surface area contributed by atoms with Crippen LogP contribution >= 0.6 is 23.4 Å². The molecule has 0 aliphatic carbocycles. The minimum atomic E-state index is -0.602. The monoisotopic (exact) mass is 329 g/mol. The van der Waals surface area contributed by atoms with Gasteiger partial charge in [0.15, 0.2) is 0 Å². The van der Waals surface area contributed by atoms with Crippen molar-refractivity contribution in [1.29, 1.82) is 0 Å². The van der Waals surface area contributed by atoms with Crippen LogP contribution in [0.15, 0.2) is 29.2 Å². The quantitative estimate of drug-likeness (QED) is 0.617. The van der Waals surface area contributed by atoms with Crippen molar-refractivity contribution in [1.82, 2.24) is 5.32 Å². The van der Waals surface area contributed by atoms with Crippen molar-refractivity contribution in [3.63, 3.8) is 0 Å². The highest BCUT2D eigenvalue weighted by atomic mass is 35.5. The van der Waals surface area contributed by atoms with Crippen molar-refractivity contribution < 1.29 is 14.3 Å². The van der Waals surface area contributed by atoms with Gasteiger partial charge in [-0.15, -0.1) is 11.8 Å². The van der Waals surface area contributed by atoms with Gasteiger partial charge in [-0.3, -0.25) is 4.79 Å². The molecule has 0 aliphatic heterocycles. The maximum absolute atomic E-state index is 12.0. The second-order valence-electron chi connectivity index (χ2n) is 4.99. The fraction of sp³-hybridized carbons (Fsp3) is 0.467. The number of halogens is 1. The number of methoxy groups -OCH3 is 1. The van der Waals surface area contributed by atoms with Crippen LogP contribution in [-0.2, 0) is 14.3 Å². The lowest BCUT2D eigenvalue weighted by Crippen LogP contribution is -2.43. The number of hydrogen-bond acceptors (Lipinski definition) is 4.